The average Bonchev–Trinajstić information content (AvgIpc) is 3.09. The van der Waals surface area contributed by atoms with Crippen molar-refractivity contribution in [1.29, 1.82) is 0 Å². The Morgan fingerprint density at radius 1 is 1.53 bits per heavy atom. The van der Waals surface area contributed by atoms with Crippen LogP contribution in [0.5, 0.6) is 0 Å². The van der Waals surface area contributed by atoms with Crippen LogP contribution in [0.2, 0.25) is 0 Å². The minimum absolute atomic E-state index is 0.155. The number of thiophene rings is 1. The third-order valence-electron chi connectivity index (χ3n) is 3.68. The first kappa shape index (κ1) is 14.5. The van der Waals surface area contributed by atoms with E-state index in [0.717, 1.165) is 18.9 Å². The SMILES string of the molecule is CCC(C)NC(=O)CCNC(c1cccs1)C1CC1. The van der Waals surface area contributed by atoms with Gasteiger partial charge in [0.05, 0.1) is 0 Å². The van der Waals surface area contributed by atoms with E-state index in [1.54, 1.807) is 0 Å². The summed E-state index contributed by atoms with van der Waals surface area (Å²) in [5.74, 6) is 0.929. The molecule has 3 nitrogen and oxygen atoms in total. The number of hydrogen-bond donors (Lipinski definition) is 2. The Morgan fingerprint density at radius 2 is 2.32 bits per heavy atom. The molecule has 1 aliphatic carbocycles. The first-order valence-corrected chi connectivity index (χ1v) is 8.14. The summed E-state index contributed by atoms with van der Waals surface area (Å²) in [6.45, 7) is 4.90. The van der Waals surface area contributed by atoms with Gasteiger partial charge in [-0.3, -0.25) is 4.79 Å². The molecule has 106 valence electrons. The Labute approximate surface area is 119 Å². The van der Waals surface area contributed by atoms with Crippen molar-refractivity contribution in [2.75, 3.05) is 6.54 Å². The molecule has 1 aromatic heterocycles. The van der Waals surface area contributed by atoms with Crippen molar-refractivity contribution in [3.8, 4) is 0 Å². The minimum atomic E-state index is 0.155. The minimum Gasteiger partial charge on any atom is -0.354 e. The van der Waals surface area contributed by atoms with Gasteiger partial charge >= 0.3 is 0 Å². The van der Waals surface area contributed by atoms with E-state index in [0.29, 0.717) is 12.5 Å². The number of carbonyl (C=O) groups excluding carboxylic acids is 1. The van der Waals surface area contributed by atoms with Gasteiger partial charge in [0.25, 0.3) is 0 Å². The monoisotopic (exact) mass is 280 g/mol. The van der Waals surface area contributed by atoms with Gasteiger partial charge in [-0.1, -0.05) is 13.0 Å². The highest BCUT2D eigenvalue weighted by atomic mass is 32.1. The standard InChI is InChI=1S/C15H24N2OS/c1-3-11(2)17-14(18)8-9-16-15(12-6-7-12)13-5-4-10-19-13/h4-5,10-12,15-16H,3,6-9H2,1-2H3,(H,17,18). The van der Waals surface area contributed by atoms with E-state index in [4.69, 9.17) is 0 Å². The number of amides is 1. The lowest BCUT2D eigenvalue weighted by molar-refractivity contribution is -0.121. The van der Waals surface area contributed by atoms with E-state index in [1.807, 2.05) is 18.3 Å². The van der Waals surface area contributed by atoms with Crippen LogP contribution in [0, 0.1) is 5.92 Å². The fourth-order valence-corrected chi connectivity index (χ4v) is 3.08. The third-order valence-corrected chi connectivity index (χ3v) is 4.63. The highest BCUT2D eigenvalue weighted by Crippen LogP contribution is 2.42. The molecule has 1 aliphatic rings. The second kappa shape index (κ2) is 7.06. The zero-order valence-electron chi connectivity index (χ0n) is 11.8. The Kier molecular flexibility index (Phi) is 5.40. The van der Waals surface area contributed by atoms with Crippen molar-refractivity contribution in [3.63, 3.8) is 0 Å². The summed E-state index contributed by atoms with van der Waals surface area (Å²) in [7, 11) is 0. The predicted octanol–water partition coefficient (Wildman–Crippen LogP) is 3.09. The van der Waals surface area contributed by atoms with Crippen LogP contribution in [0.1, 0.15) is 50.4 Å². The maximum absolute atomic E-state index is 11.7. The summed E-state index contributed by atoms with van der Waals surface area (Å²) in [6.07, 6.45) is 4.18. The molecule has 0 aliphatic heterocycles. The summed E-state index contributed by atoms with van der Waals surface area (Å²) in [5.41, 5.74) is 0. The first-order valence-electron chi connectivity index (χ1n) is 7.26. The molecule has 1 aromatic rings. The van der Waals surface area contributed by atoms with Crippen LogP contribution < -0.4 is 10.6 Å². The van der Waals surface area contributed by atoms with Gasteiger partial charge in [-0.2, -0.15) is 0 Å². The van der Waals surface area contributed by atoms with Gasteiger partial charge in [0.15, 0.2) is 0 Å². The molecule has 0 spiro atoms. The largest absolute Gasteiger partial charge is 0.354 e. The third kappa shape index (κ3) is 4.62. The summed E-state index contributed by atoms with van der Waals surface area (Å²) in [4.78, 5) is 13.1. The maximum atomic E-state index is 11.7. The zero-order valence-corrected chi connectivity index (χ0v) is 12.6. The highest BCUT2D eigenvalue weighted by Gasteiger charge is 2.32. The fourth-order valence-electron chi connectivity index (χ4n) is 2.19. The van der Waals surface area contributed by atoms with Crippen LogP contribution in [-0.4, -0.2) is 18.5 Å². The quantitative estimate of drug-likeness (QED) is 0.768. The number of carbonyl (C=O) groups is 1. The van der Waals surface area contributed by atoms with Crippen LogP contribution in [-0.2, 0) is 4.79 Å². The molecule has 1 amide bonds. The molecular formula is C15H24N2OS. The lowest BCUT2D eigenvalue weighted by atomic mass is 10.1. The van der Waals surface area contributed by atoms with Gasteiger partial charge in [-0.05, 0) is 43.6 Å². The summed E-state index contributed by atoms with van der Waals surface area (Å²) in [5, 5.41) is 8.69. The Morgan fingerprint density at radius 3 is 2.89 bits per heavy atom. The van der Waals surface area contributed by atoms with Gasteiger partial charge in [-0.15, -0.1) is 11.3 Å². The molecule has 19 heavy (non-hydrogen) atoms. The molecule has 1 fully saturated rings. The summed E-state index contributed by atoms with van der Waals surface area (Å²) < 4.78 is 0. The van der Waals surface area contributed by atoms with E-state index in [9.17, 15) is 4.79 Å². The summed E-state index contributed by atoms with van der Waals surface area (Å²) >= 11 is 1.81. The van der Waals surface area contributed by atoms with Crippen LogP contribution in [0.4, 0.5) is 0 Å². The Hall–Kier alpha value is -0.870. The Bertz CT molecular complexity index is 387. The number of rotatable bonds is 8. The lowest BCUT2D eigenvalue weighted by Gasteiger charge is -2.17. The van der Waals surface area contributed by atoms with E-state index >= 15 is 0 Å². The van der Waals surface area contributed by atoms with Gasteiger partial charge in [0.2, 0.25) is 5.91 Å². The van der Waals surface area contributed by atoms with Gasteiger partial charge in [-0.25, -0.2) is 0 Å². The van der Waals surface area contributed by atoms with Crippen molar-refractivity contribution in [2.24, 2.45) is 5.92 Å². The van der Waals surface area contributed by atoms with Crippen molar-refractivity contribution in [1.82, 2.24) is 10.6 Å². The number of nitrogens with one attached hydrogen (secondary N) is 2. The summed E-state index contributed by atoms with van der Waals surface area (Å²) in [6, 6.07) is 5.03. The molecule has 0 aromatic carbocycles. The fraction of sp³-hybridized carbons (Fsp3) is 0.667. The molecule has 2 unspecified atom stereocenters. The molecule has 2 rings (SSSR count). The van der Waals surface area contributed by atoms with Crippen LogP contribution >= 0.6 is 11.3 Å². The van der Waals surface area contributed by atoms with Crippen molar-refractivity contribution in [2.45, 2.75) is 51.6 Å². The van der Waals surface area contributed by atoms with Crippen LogP contribution in [0.25, 0.3) is 0 Å². The normalized spacial score (nSPS) is 18.0. The molecule has 0 radical (unpaired) electrons. The second-order valence-electron chi connectivity index (χ2n) is 5.41. The molecule has 2 N–H and O–H groups in total. The predicted molar refractivity (Wildman–Crippen MR) is 80.3 cm³/mol. The first-order chi connectivity index (χ1) is 9.20. The molecule has 2 atom stereocenters. The lowest BCUT2D eigenvalue weighted by Crippen LogP contribution is -2.34. The van der Waals surface area contributed by atoms with E-state index < -0.39 is 0 Å². The second-order valence-corrected chi connectivity index (χ2v) is 6.39. The average molecular weight is 280 g/mol. The molecule has 0 saturated heterocycles. The highest BCUT2D eigenvalue weighted by molar-refractivity contribution is 7.10. The molecule has 1 saturated carbocycles. The zero-order chi connectivity index (χ0) is 13.7. The molecule has 0 bridgehead atoms. The maximum Gasteiger partial charge on any atom is 0.221 e. The Balaban J connectivity index is 1.73. The molecular weight excluding hydrogens is 256 g/mol. The van der Waals surface area contributed by atoms with Crippen molar-refractivity contribution in [3.05, 3.63) is 22.4 Å². The smallest absolute Gasteiger partial charge is 0.221 e. The van der Waals surface area contributed by atoms with Crippen molar-refractivity contribution < 1.29 is 4.79 Å². The molecule has 4 heteroatoms. The van der Waals surface area contributed by atoms with Gasteiger partial charge in [0, 0.05) is 29.9 Å². The molecule has 1 heterocycles. The van der Waals surface area contributed by atoms with Crippen LogP contribution in [0.3, 0.4) is 0 Å². The van der Waals surface area contributed by atoms with Gasteiger partial charge < -0.3 is 10.6 Å². The van der Waals surface area contributed by atoms with E-state index in [1.165, 1.54) is 17.7 Å². The number of hydrogen-bond acceptors (Lipinski definition) is 3. The van der Waals surface area contributed by atoms with Crippen LogP contribution in [0.15, 0.2) is 17.5 Å². The topological polar surface area (TPSA) is 41.1 Å². The van der Waals surface area contributed by atoms with Crippen molar-refractivity contribution >= 4 is 17.2 Å². The van der Waals surface area contributed by atoms with E-state index in [2.05, 4.69) is 35.1 Å². The van der Waals surface area contributed by atoms with E-state index in [-0.39, 0.29) is 11.9 Å². The van der Waals surface area contributed by atoms with Gasteiger partial charge in [0.1, 0.15) is 0 Å².